The first-order valence-electron chi connectivity index (χ1n) is 5.68. The van der Waals surface area contributed by atoms with Crippen LogP contribution < -0.4 is 10.1 Å². The molecule has 4 nitrogen and oxygen atoms in total. The van der Waals surface area contributed by atoms with Gasteiger partial charge in [-0.3, -0.25) is 4.79 Å². The van der Waals surface area contributed by atoms with Gasteiger partial charge in [-0.05, 0) is 17.7 Å². The summed E-state index contributed by atoms with van der Waals surface area (Å²) >= 11 is 0. The van der Waals surface area contributed by atoms with E-state index in [4.69, 9.17) is 9.47 Å². The van der Waals surface area contributed by atoms with E-state index in [-0.39, 0.29) is 17.8 Å². The summed E-state index contributed by atoms with van der Waals surface area (Å²) in [5, 5.41) is 3.23. The molecule has 1 aliphatic heterocycles. The molecule has 0 aliphatic carbocycles. The highest BCUT2D eigenvalue weighted by atomic mass is 16.5. The number of rotatable bonds is 3. The maximum Gasteiger partial charge on any atom is 0.310 e. The van der Waals surface area contributed by atoms with Gasteiger partial charge in [-0.15, -0.1) is 0 Å². The van der Waals surface area contributed by atoms with Crippen LogP contribution >= 0.6 is 0 Å². The molecule has 2 rings (SSSR count). The standard InChI is InChI=1S/C13H17NO3/c1-16-10-5-3-4-9(6-10)11-7-14-8-12(11)13(15)17-2/h3-6,11-12,14H,7-8H2,1-2H3/t11-,12+/m0/s1. The molecule has 0 spiro atoms. The number of hydrogen-bond acceptors (Lipinski definition) is 4. The van der Waals surface area contributed by atoms with E-state index < -0.39 is 0 Å². The van der Waals surface area contributed by atoms with E-state index in [2.05, 4.69) is 5.32 Å². The number of methoxy groups -OCH3 is 2. The normalized spacial score (nSPS) is 23.4. The zero-order valence-corrected chi connectivity index (χ0v) is 10.1. The minimum Gasteiger partial charge on any atom is -0.497 e. The molecule has 1 fully saturated rings. The van der Waals surface area contributed by atoms with Gasteiger partial charge in [0.2, 0.25) is 0 Å². The zero-order valence-electron chi connectivity index (χ0n) is 10.1. The summed E-state index contributed by atoms with van der Waals surface area (Å²) in [4.78, 5) is 11.7. The predicted molar refractivity (Wildman–Crippen MR) is 64.1 cm³/mol. The smallest absolute Gasteiger partial charge is 0.310 e. The van der Waals surface area contributed by atoms with Crippen molar-refractivity contribution in [3.8, 4) is 5.75 Å². The van der Waals surface area contributed by atoms with Gasteiger partial charge in [0.05, 0.1) is 20.1 Å². The Morgan fingerprint density at radius 1 is 1.35 bits per heavy atom. The quantitative estimate of drug-likeness (QED) is 0.799. The lowest BCUT2D eigenvalue weighted by Crippen LogP contribution is -2.22. The summed E-state index contributed by atoms with van der Waals surface area (Å²) in [6.45, 7) is 1.47. The van der Waals surface area contributed by atoms with Crippen LogP contribution in [0.15, 0.2) is 24.3 Å². The van der Waals surface area contributed by atoms with Gasteiger partial charge < -0.3 is 14.8 Å². The van der Waals surface area contributed by atoms with Crippen LogP contribution in [0.3, 0.4) is 0 Å². The molecular formula is C13H17NO3. The summed E-state index contributed by atoms with van der Waals surface area (Å²) in [6.07, 6.45) is 0. The summed E-state index contributed by atoms with van der Waals surface area (Å²) < 4.78 is 10.0. The number of carbonyl (C=O) groups is 1. The molecule has 0 bridgehead atoms. The minimum atomic E-state index is -0.150. The van der Waals surface area contributed by atoms with Crippen molar-refractivity contribution < 1.29 is 14.3 Å². The average molecular weight is 235 g/mol. The Morgan fingerprint density at radius 3 is 2.88 bits per heavy atom. The molecule has 92 valence electrons. The van der Waals surface area contributed by atoms with Crippen molar-refractivity contribution in [3.63, 3.8) is 0 Å². The van der Waals surface area contributed by atoms with Crippen molar-refractivity contribution in [3.05, 3.63) is 29.8 Å². The lowest BCUT2D eigenvalue weighted by Gasteiger charge is -2.17. The van der Waals surface area contributed by atoms with Crippen molar-refractivity contribution in [2.75, 3.05) is 27.3 Å². The van der Waals surface area contributed by atoms with Crippen LogP contribution in [0.2, 0.25) is 0 Å². The number of benzene rings is 1. The molecule has 0 saturated carbocycles. The van der Waals surface area contributed by atoms with Gasteiger partial charge in [-0.25, -0.2) is 0 Å². The Hall–Kier alpha value is -1.55. The predicted octanol–water partition coefficient (Wildman–Crippen LogP) is 1.17. The van der Waals surface area contributed by atoms with Gasteiger partial charge in [-0.1, -0.05) is 12.1 Å². The van der Waals surface area contributed by atoms with Crippen molar-refractivity contribution in [2.45, 2.75) is 5.92 Å². The highest BCUT2D eigenvalue weighted by molar-refractivity contribution is 5.74. The fourth-order valence-corrected chi connectivity index (χ4v) is 2.30. The van der Waals surface area contributed by atoms with Crippen LogP contribution in [0.25, 0.3) is 0 Å². The Labute approximate surface area is 101 Å². The van der Waals surface area contributed by atoms with E-state index in [1.165, 1.54) is 7.11 Å². The molecule has 17 heavy (non-hydrogen) atoms. The number of esters is 1. The van der Waals surface area contributed by atoms with E-state index in [9.17, 15) is 4.79 Å². The van der Waals surface area contributed by atoms with E-state index in [1.54, 1.807) is 7.11 Å². The molecule has 0 amide bonds. The first kappa shape index (κ1) is 11.9. The number of carbonyl (C=O) groups excluding carboxylic acids is 1. The second-order valence-electron chi connectivity index (χ2n) is 4.17. The van der Waals surface area contributed by atoms with Crippen LogP contribution in [0.5, 0.6) is 5.75 Å². The van der Waals surface area contributed by atoms with Gasteiger partial charge in [0.1, 0.15) is 5.75 Å². The minimum absolute atomic E-state index is 0.105. The Morgan fingerprint density at radius 2 is 2.18 bits per heavy atom. The molecule has 0 radical (unpaired) electrons. The van der Waals surface area contributed by atoms with Crippen LogP contribution in [0.1, 0.15) is 11.5 Å². The first-order valence-corrected chi connectivity index (χ1v) is 5.68. The average Bonchev–Trinajstić information content (AvgIpc) is 2.87. The van der Waals surface area contributed by atoms with Crippen molar-refractivity contribution in [1.29, 1.82) is 0 Å². The van der Waals surface area contributed by atoms with Crippen molar-refractivity contribution in [2.24, 2.45) is 5.92 Å². The van der Waals surface area contributed by atoms with E-state index >= 15 is 0 Å². The molecule has 1 aliphatic rings. The highest BCUT2D eigenvalue weighted by Gasteiger charge is 2.34. The Balaban J connectivity index is 2.22. The third-order valence-electron chi connectivity index (χ3n) is 3.24. The number of hydrogen-bond donors (Lipinski definition) is 1. The fraction of sp³-hybridized carbons (Fsp3) is 0.462. The lowest BCUT2D eigenvalue weighted by atomic mass is 9.89. The molecule has 1 heterocycles. The molecule has 4 heteroatoms. The van der Waals surface area contributed by atoms with Gasteiger partial charge in [0.15, 0.2) is 0 Å². The molecule has 0 aromatic heterocycles. The maximum atomic E-state index is 11.7. The second-order valence-corrected chi connectivity index (χ2v) is 4.17. The van der Waals surface area contributed by atoms with Crippen molar-refractivity contribution >= 4 is 5.97 Å². The summed E-state index contributed by atoms with van der Waals surface area (Å²) in [7, 11) is 3.08. The van der Waals surface area contributed by atoms with Crippen LogP contribution in [0, 0.1) is 5.92 Å². The van der Waals surface area contributed by atoms with Gasteiger partial charge >= 0.3 is 5.97 Å². The van der Waals surface area contributed by atoms with Gasteiger partial charge in [0, 0.05) is 19.0 Å². The Kier molecular flexibility index (Phi) is 3.64. The van der Waals surface area contributed by atoms with E-state index in [0.717, 1.165) is 17.9 Å². The molecule has 0 unspecified atom stereocenters. The molecular weight excluding hydrogens is 218 g/mol. The van der Waals surface area contributed by atoms with E-state index in [0.29, 0.717) is 6.54 Å². The lowest BCUT2D eigenvalue weighted by molar-refractivity contribution is -0.145. The summed E-state index contributed by atoms with van der Waals surface area (Å²) in [6, 6.07) is 7.85. The van der Waals surface area contributed by atoms with Gasteiger partial charge in [-0.2, -0.15) is 0 Å². The molecule has 2 atom stereocenters. The monoisotopic (exact) mass is 235 g/mol. The number of nitrogens with one attached hydrogen (secondary N) is 1. The fourth-order valence-electron chi connectivity index (χ4n) is 2.30. The zero-order chi connectivity index (χ0) is 12.3. The topological polar surface area (TPSA) is 47.6 Å². The van der Waals surface area contributed by atoms with E-state index in [1.807, 2.05) is 24.3 Å². The third kappa shape index (κ3) is 2.42. The molecule has 1 aromatic rings. The van der Waals surface area contributed by atoms with Crippen LogP contribution in [-0.2, 0) is 9.53 Å². The van der Waals surface area contributed by atoms with Crippen molar-refractivity contribution in [1.82, 2.24) is 5.32 Å². The molecule has 1 N–H and O–H groups in total. The van der Waals surface area contributed by atoms with Crippen LogP contribution in [0.4, 0.5) is 0 Å². The Bertz CT molecular complexity index is 405. The summed E-state index contributed by atoms with van der Waals surface area (Å²) in [5.74, 6) is 0.727. The maximum absolute atomic E-state index is 11.7. The SMILES string of the molecule is COC(=O)[C@@H]1CNC[C@H]1c1cccc(OC)c1. The molecule has 1 saturated heterocycles. The highest BCUT2D eigenvalue weighted by Crippen LogP contribution is 2.30. The van der Waals surface area contributed by atoms with Crippen LogP contribution in [-0.4, -0.2) is 33.3 Å². The second kappa shape index (κ2) is 5.19. The number of ether oxygens (including phenoxy) is 2. The van der Waals surface area contributed by atoms with Gasteiger partial charge in [0.25, 0.3) is 0 Å². The largest absolute Gasteiger partial charge is 0.497 e. The molecule has 1 aromatic carbocycles. The third-order valence-corrected chi connectivity index (χ3v) is 3.24. The summed E-state index contributed by atoms with van der Waals surface area (Å²) in [5.41, 5.74) is 1.12. The first-order chi connectivity index (χ1) is 8.26.